The van der Waals surface area contributed by atoms with Gasteiger partial charge in [-0.2, -0.15) is 0 Å². The van der Waals surface area contributed by atoms with Crippen LogP contribution in [-0.4, -0.2) is 49.0 Å². The largest absolute Gasteiger partial charge is 0.493 e. The van der Waals surface area contributed by atoms with E-state index in [1.807, 2.05) is 26.0 Å². The molecule has 0 fully saturated rings. The molecule has 124 valence electrons. The lowest BCUT2D eigenvalue weighted by Crippen LogP contribution is -2.57. The van der Waals surface area contributed by atoms with Crippen molar-refractivity contribution >= 4 is 0 Å². The van der Waals surface area contributed by atoms with E-state index in [2.05, 4.69) is 18.7 Å². The van der Waals surface area contributed by atoms with Crippen molar-refractivity contribution in [3.05, 3.63) is 17.7 Å². The number of likely N-dealkylation sites (N-methyl/N-ethyl adjacent to an activating group) is 1. The number of benzene rings is 1. The zero-order chi connectivity index (χ0) is 16.5. The van der Waals surface area contributed by atoms with Gasteiger partial charge in [0.15, 0.2) is 11.5 Å². The first-order valence-electron chi connectivity index (χ1n) is 7.77. The van der Waals surface area contributed by atoms with Crippen LogP contribution in [0.2, 0.25) is 0 Å². The standard InChI is InChI=1S/C17H27NO4/c1-7-18(8-2)16-13(19)11-9-10-12(20-5)15(21-6)14(11)22-17(16,3)4/h9-10,13,16,19H,7-8H2,1-6H3. The highest BCUT2D eigenvalue weighted by Crippen LogP contribution is 2.49. The summed E-state index contributed by atoms with van der Waals surface area (Å²) in [5, 5.41) is 11.0. The Kier molecular flexibility index (Phi) is 4.87. The van der Waals surface area contributed by atoms with E-state index in [1.54, 1.807) is 14.2 Å². The Hall–Kier alpha value is -1.46. The third-order valence-corrected chi connectivity index (χ3v) is 4.43. The monoisotopic (exact) mass is 309 g/mol. The Bertz CT molecular complexity index is 526. The van der Waals surface area contributed by atoms with E-state index in [0.717, 1.165) is 18.7 Å². The van der Waals surface area contributed by atoms with Crippen LogP contribution in [0.15, 0.2) is 12.1 Å². The van der Waals surface area contributed by atoms with Gasteiger partial charge in [0.05, 0.1) is 20.3 Å². The lowest BCUT2D eigenvalue weighted by molar-refractivity contribution is -0.0810. The summed E-state index contributed by atoms with van der Waals surface area (Å²) >= 11 is 0. The quantitative estimate of drug-likeness (QED) is 0.906. The number of nitrogens with zero attached hydrogens (tertiary/aromatic N) is 1. The molecule has 0 aromatic heterocycles. The fourth-order valence-corrected chi connectivity index (χ4v) is 3.38. The van der Waals surface area contributed by atoms with Crippen molar-refractivity contribution in [2.24, 2.45) is 0 Å². The van der Waals surface area contributed by atoms with Crippen molar-refractivity contribution in [2.75, 3.05) is 27.3 Å². The number of aliphatic hydroxyl groups is 1. The summed E-state index contributed by atoms with van der Waals surface area (Å²) in [7, 11) is 3.17. The minimum Gasteiger partial charge on any atom is -0.493 e. The minimum atomic E-state index is -0.640. The summed E-state index contributed by atoms with van der Waals surface area (Å²) in [5.41, 5.74) is 0.201. The first kappa shape index (κ1) is 16.9. The summed E-state index contributed by atoms with van der Waals surface area (Å²) in [4.78, 5) is 2.23. The highest BCUT2D eigenvalue weighted by molar-refractivity contribution is 5.58. The first-order valence-corrected chi connectivity index (χ1v) is 7.77. The average molecular weight is 309 g/mol. The van der Waals surface area contributed by atoms with Gasteiger partial charge in [0, 0.05) is 5.56 Å². The maximum atomic E-state index is 11.0. The van der Waals surface area contributed by atoms with Crippen LogP contribution >= 0.6 is 0 Å². The molecule has 1 aliphatic heterocycles. The number of methoxy groups -OCH3 is 2. The van der Waals surface area contributed by atoms with E-state index in [4.69, 9.17) is 14.2 Å². The SMILES string of the molecule is CCN(CC)C1C(O)c2ccc(OC)c(OC)c2OC1(C)C. The average Bonchev–Trinajstić information content (AvgIpc) is 2.49. The van der Waals surface area contributed by atoms with Gasteiger partial charge in [0.25, 0.3) is 0 Å². The Morgan fingerprint density at radius 2 is 1.82 bits per heavy atom. The first-order chi connectivity index (χ1) is 10.4. The second kappa shape index (κ2) is 6.34. The fourth-order valence-electron chi connectivity index (χ4n) is 3.38. The van der Waals surface area contributed by atoms with Gasteiger partial charge < -0.3 is 19.3 Å². The maximum Gasteiger partial charge on any atom is 0.203 e. The molecule has 1 aromatic carbocycles. The van der Waals surface area contributed by atoms with Crippen LogP contribution in [0.4, 0.5) is 0 Å². The summed E-state index contributed by atoms with van der Waals surface area (Å²) in [5.74, 6) is 1.71. The molecule has 2 atom stereocenters. The molecule has 0 spiro atoms. The molecular formula is C17H27NO4. The molecule has 2 rings (SSSR count). The maximum absolute atomic E-state index is 11.0. The number of ether oxygens (including phenoxy) is 3. The predicted molar refractivity (Wildman–Crippen MR) is 85.9 cm³/mol. The van der Waals surface area contributed by atoms with Crippen LogP contribution in [0, 0.1) is 0 Å². The molecule has 0 saturated carbocycles. The van der Waals surface area contributed by atoms with Gasteiger partial charge in [-0.05, 0) is 39.1 Å². The number of fused-ring (bicyclic) bond motifs is 1. The van der Waals surface area contributed by atoms with Gasteiger partial charge in [-0.3, -0.25) is 4.90 Å². The van der Waals surface area contributed by atoms with Crippen molar-refractivity contribution in [3.63, 3.8) is 0 Å². The highest BCUT2D eigenvalue weighted by Gasteiger charge is 2.47. The molecule has 5 nitrogen and oxygen atoms in total. The molecule has 2 unspecified atom stereocenters. The molecule has 0 aliphatic carbocycles. The van der Waals surface area contributed by atoms with E-state index in [0.29, 0.717) is 17.2 Å². The molecule has 1 aliphatic rings. The summed E-state index contributed by atoms with van der Waals surface area (Å²) in [6.45, 7) is 9.90. The molecule has 0 bridgehead atoms. The van der Waals surface area contributed by atoms with Crippen molar-refractivity contribution in [3.8, 4) is 17.2 Å². The lowest BCUT2D eigenvalue weighted by atomic mass is 9.84. The topological polar surface area (TPSA) is 51.2 Å². The van der Waals surface area contributed by atoms with Gasteiger partial charge in [-0.15, -0.1) is 0 Å². The Labute approximate surface area is 132 Å². The van der Waals surface area contributed by atoms with E-state index >= 15 is 0 Å². The Morgan fingerprint density at radius 1 is 1.18 bits per heavy atom. The molecule has 1 N–H and O–H groups in total. The van der Waals surface area contributed by atoms with Crippen LogP contribution in [0.1, 0.15) is 39.4 Å². The molecule has 5 heteroatoms. The van der Waals surface area contributed by atoms with E-state index in [1.165, 1.54) is 0 Å². The van der Waals surface area contributed by atoms with Crippen LogP contribution in [0.5, 0.6) is 17.2 Å². The van der Waals surface area contributed by atoms with Crippen molar-refractivity contribution < 1.29 is 19.3 Å². The van der Waals surface area contributed by atoms with E-state index in [-0.39, 0.29) is 6.04 Å². The minimum absolute atomic E-state index is 0.117. The van der Waals surface area contributed by atoms with Gasteiger partial charge >= 0.3 is 0 Å². The van der Waals surface area contributed by atoms with Crippen LogP contribution in [0.25, 0.3) is 0 Å². The summed E-state index contributed by atoms with van der Waals surface area (Å²) in [6.07, 6.45) is -0.640. The predicted octanol–water partition coefficient (Wildman–Crippen LogP) is 2.62. The third-order valence-electron chi connectivity index (χ3n) is 4.43. The summed E-state index contributed by atoms with van der Waals surface area (Å²) in [6, 6.07) is 3.54. The van der Waals surface area contributed by atoms with E-state index < -0.39 is 11.7 Å². The second-order valence-electron chi connectivity index (χ2n) is 6.04. The van der Waals surface area contributed by atoms with Crippen LogP contribution in [0.3, 0.4) is 0 Å². The molecule has 0 radical (unpaired) electrons. The highest BCUT2D eigenvalue weighted by atomic mass is 16.5. The van der Waals surface area contributed by atoms with E-state index in [9.17, 15) is 5.11 Å². The zero-order valence-corrected chi connectivity index (χ0v) is 14.3. The number of rotatable bonds is 5. The van der Waals surface area contributed by atoms with Crippen molar-refractivity contribution in [1.29, 1.82) is 0 Å². The van der Waals surface area contributed by atoms with Gasteiger partial charge in [0.2, 0.25) is 5.75 Å². The normalized spacial score (nSPS) is 22.9. The molecule has 1 aromatic rings. The van der Waals surface area contributed by atoms with Crippen molar-refractivity contribution in [1.82, 2.24) is 4.90 Å². The molecule has 1 heterocycles. The Balaban J connectivity index is 2.55. The molecule has 0 saturated heterocycles. The third kappa shape index (κ3) is 2.63. The smallest absolute Gasteiger partial charge is 0.203 e. The Morgan fingerprint density at radius 3 is 2.32 bits per heavy atom. The number of hydrogen-bond donors (Lipinski definition) is 1. The molecule has 0 amide bonds. The number of hydrogen-bond acceptors (Lipinski definition) is 5. The number of aliphatic hydroxyl groups excluding tert-OH is 1. The fraction of sp³-hybridized carbons (Fsp3) is 0.647. The zero-order valence-electron chi connectivity index (χ0n) is 14.3. The molecular weight excluding hydrogens is 282 g/mol. The summed E-state index contributed by atoms with van der Waals surface area (Å²) < 4.78 is 17.0. The van der Waals surface area contributed by atoms with Crippen LogP contribution < -0.4 is 14.2 Å². The van der Waals surface area contributed by atoms with Gasteiger partial charge in [-0.25, -0.2) is 0 Å². The lowest BCUT2D eigenvalue weighted by Gasteiger charge is -2.48. The van der Waals surface area contributed by atoms with Gasteiger partial charge in [-0.1, -0.05) is 13.8 Å². The van der Waals surface area contributed by atoms with Gasteiger partial charge in [0.1, 0.15) is 11.7 Å². The van der Waals surface area contributed by atoms with Crippen LogP contribution in [-0.2, 0) is 0 Å². The van der Waals surface area contributed by atoms with Crippen molar-refractivity contribution in [2.45, 2.75) is 45.4 Å². The second-order valence-corrected chi connectivity index (χ2v) is 6.04. The molecule has 22 heavy (non-hydrogen) atoms.